The third-order valence-corrected chi connectivity index (χ3v) is 10.9. The number of phenolic OH excluding ortho intramolecular Hbond substituents is 1. The molecule has 3 N–H and O–H groups in total. The van der Waals surface area contributed by atoms with E-state index in [1.54, 1.807) is 48.0 Å². The van der Waals surface area contributed by atoms with Crippen molar-refractivity contribution in [3.63, 3.8) is 0 Å². The molecule has 4 aromatic carbocycles. The summed E-state index contributed by atoms with van der Waals surface area (Å²) < 4.78 is 87.4. The average molecular weight is 1050 g/mol. The first kappa shape index (κ1) is 48.5. The molecule has 25 heteroatoms. The molecule has 0 unspecified atom stereocenters. The van der Waals surface area contributed by atoms with E-state index in [-0.39, 0.29) is 29.5 Å². The zero-order valence-corrected chi connectivity index (χ0v) is 37.4. The van der Waals surface area contributed by atoms with Crippen molar-refractivity contribution >= 4 is 84.7 Å². The van der Waals surface area contributed by atoms with E-state index < -0.39 is 61.8 Å². The van der Waals surface area contributed by atoms with E-state index in [4.69, 9.17) is 56.2 Å². The van der Waals surface area contributed by atoms with Crippen LogP contribution in [0, 0.1) is 0 Å². The Kier molecular flexibility index (Phi) is 14.3. The number of H-pyrrole nitrogens is 2. The summed E-state index contributed by atoms with van der Waals surface area (Å²) in [5, 5.41) is 8.99. The number of aromatic amines is 2. The van der Waals surface area contributed by atoms with Crippen molar-refractivity contribution in [1.82, 2.24) is 38.2 Å². The first-order valence-electron chi connectivity index (χ1n) is 18.1. The van der Waals surface area contributed by atoms with Gasteiger partial charge in [-0.25, -0.2) is 14.6 Å². The van der Waals surface area contributed by atoms with Gasteiger partial charge in [0.2, 0.25) is 0 Å². The summed E-state index contributed by atoms with van der Waals surface area (Å²) in [4.78, 5) is 61.1. The molecule has 0 radical (unpaired) electrons. The highest BCUT2D eigenvalue weighted by molar-refractivity contribution is 9.10. The third-order valence-electron chi connectivity index (χ3n) is 9.15. The van der Waals surface area contributed by atoms with Gasteiger partial charge in [0.25, 0.3) is 11.1 Å². The molecule has 4 aromatic heterocycles. The summed E-state index contributed by atoms with van der Waals surface area (Å²) in [7, 11) is 2.96. The van der Waals surface area contributed by atoms with Crippen molar-refractivity contribution in [2.45, 2.75) is 25.4 Å². The van der Waals surface area contributed by atoms with E-state index in [1.165, 1.54) is 22.2 Å². The molecule has 8 rings (SSSR count). The van der Waals surface area contributed by atoms with E-state index in [0.717, 1.165) is 34.4 Å². The topological polar surface area (TPSA) is 175 Å². The Bertz CT molecular complexity index is 3310. The molecule has 0 aliphatic rings. The van der Waals surface area contributed by atoms with Crippen molar-refractivity contribution in [2.75, 3.05) is 0 Å². The highest BCUT2D eigenvalue weighted by Gasteiger charge is 2.34. The maximum Gasteiger partial charge on any atom is 0.417 e. The standard InChI is InChI=1S/C20H13Cl2F3N4O3.C13H10BrClN4O2.C7H4ClF3O/c1-28-16-15(17(30)27-18(28)31)29(9-10-2-4-11(21)5-3-10)19(26-16)32-12-6-7-14(22)13(8-12)20(23,24)25;1-18-10-9(11(20)17-13(18)21)19(12(14)16-10)6-7-2-4-8(15)5-3-7;8-6-2-1-4(12)3-5(6)7(9,10)11/h2-8H,9H2,1H3,(H,27,30,31);2-5H,6H2,1H3,(H,17,20,21);1-3,12H. The molecule has 0 saturated heterocycles. The number of hydrogen-bond acceptors (Lipinski definition) is 8. The molecule has 0 fully saturated rings. The van der Waals surface area contributed by atoms with Crippen LogP contribution in [0.2, 0.25) is 20.1 Å². The third kappa shape index (κ3) is 11.1. The molecule has 0 bridgehead atoms. The Morgan fingerprint density at radius 2 is 1.06 bits per heavy atom. The Morgan fingerprint density at radius 1 is 0.631 bits per heavy atom. The van der Waals surface area contributed by atoms with Gasteiger partial charge >= 0.3 is 29.7 Å². The number of imidazole rings is 2. The average Bonchev–Trinajstić information content (AvgIpc) is 3.76. The highest BCUT2D eigenvalue weighted by atomic mass is 79.9. The van der Waals surface area contributed by atoms with Gasteiger partial charge < -0.3 is 14.4 Å². The van der Waals surface area contributed by atoms with Gasteiger partial charge in [0.15, 0.2) is 27.1 Å². The maximum atomic E-state index is 13.2. The lowest BCUT2D eigenvalue weighted by Crippen LogP contribution is -2.29. The number of ether oxygens (including phenoxy) is 1. The van der Waals surface area contributed by atoms with Crippen LogP contribution in [0.3, 0.4) is 0 Å². The number of aromatic nitrogens is 8. The summed E-state index contributed by atoms with van der Waals surface area (Å²) in [6.45, 7) is 0.513. The van der Waals surface area contributed by atoms with E-state index in [9.17, 15) is 45.5 Å². The van der Waals surface area contributed by atoms with E-state index >= 15 is 0 Å². The second-order valence-corrected chi connectivity index (χ2v) is 16.0. The summed E-state index contributed by atoms with van der Waals surface area (Å²) in [5.74, 6) is -0.650. The summed E-state index contributed by atoms with van der Waals surface area (Å²) >= 11 is 26.0. The van der Waals surface area contributed by atoms with Crippen molar-refractivity contribution in [2.24, 2.45) is 14.1 Å². The van der Waals surface area contributed by atoms with Crippen LogP contribution in [-0.4, -0.2) is 43.3 Å². The lowest BCUT2D eigenvalue weighted by molar-refractivity contribution is -0.138. The maximum absolute atomic E-state index is 13.2. The number of fused-ring (bicyclic) bond motifs is 2. The molecule has 0 saturated carbocycles. The number of benzene rings is 4. The number of rotatable bonds is 6. The van der Waals surface area contributed by atoms with Gasteiger partial charge in [0.1, 0.15) is 11.5 Å². The highest BCUT2D eigenvalue weighted by Crippen LogP contribution is 2.38. The zero-order chi connectivity index (χ0) is 47.7. The number of phenols is 1. The van der Waals surface area contributed by atoms with Crippen LogP contribution in [0.1, 0.15) is 22.3 Å². The molecule has 8 aromatic rings. The predicted molar refractivity (Wildman–Crippen MR) is 235 cm³/mol. The van der Waals surface area contributed by atoms with E-state index in [1.807, 2.05) is 12.1 Å². The number of alkyl halides is 6. The van der Waals surface area contributed by atoms with Crippen LogP contribution in [0.15, 0.2) is 109 Å². The number of halogens is 11. The fourth-order valence-electron chi connectivity index (χ4n) is 5.96. The number of nitrogens with zero attached hydrogens (tertiary/aromatic N) is 6. The van der Waals surface area contributed by atoms with Gasteiger partial charge in [0.05, 0.1) is 34.3 Å². The number of hydrogen-bond donors (Lipinski definition) is 3. The number of nitrogens with one attached hydrogen (secondary N) is 2. The lowest BCUT2D eigenvalue weighted by atomic mass is 10.2. The van der Waals surface area contributed by atoms with Gasteiger partial charge in [-0.05, 0) is 87.7 Å². The van der Waals surface area contributed by atoms with Crippen molar-refractivity contribution < 1.29 is 36.2 Å². The van der Waals surface area contributed by atoms with Crippen LogP contribution in [0.4, 0.5) is 26.3 Å². The van der Waals surface area contributed by atoms with Gasteiger partial charge in [-0.3, -0.25) is 33.3 Å². The van der Waals surface area contributed by atoms with Crippen molar-refractivity contribution in [1.29, 1.82) is 0 Å². The van der Waals surface area contributed by atoms with Gasteiger partial charge in [0, 0.05) is 24.1 Å². The first-order chi connectivity index (χ1) is 30.4. The fourth-order valence-corrected chi connectivity index (χ4v) is 7.13. The normalized spacial score (nSPS) is 11.6. The van der Waals surface area contributed by atoms with Crippen molar-refractivity contribution in [3.05, 3.63) is 174 Å². The molecule has 340 valence electrons. The lowest BCUT2D eigenvalue weighted by Gasteiger charge is -2.13. The zero-order valence-electron chi connectivity index (χ0n) is 32.8. The van der Waals surface area contributed by atoms with Gasteiger partial charge in [-0.2, -0.15) is 31.3 Å². The van der Waals surface area contributed by atoms with Crippen LogP contribution < -0.4 is 27.2 Å². The van der Waals surface area contributed by atoms with Crippen LogP contribution in [0.5, 0.6) is 17.5 Å². The Morgan fingerprint density at radius 3 is 1.54 bits per heavy atom. The second-order valence-electron chi connectivity index (χ2n) is 13.6. The number of aromatic hydroxyl groups is 1. The van der Waals surface area contributed by atoms with Crippen molar-refractivity contribution in [3.8, 4) is 17.5 Å². The minimum Gasteiger partial charge on any atom is -0.508 e. The molecule has 0 spiro atoms. The predicted octanol–water partition coefficient (Wildman–Crippen LogP) is 9.54. The Balaban J connectivity index is 0.000000181. The summed E-state index contributed by atoms with van der Waals surface area (Å²) in [6, 6.07) is 19.5. The van der Waals surface area contributed by atoms with E-state index in [2.05, 4.69) is 35.9 Å². The van der Waals surface area contributed by atoms with Crippen LogP contribution >= 0.6 is 62.3 Å². The molecule has 4 heterocycles. The second kappa shape index (κ2) is 19.2. The molecular formula is C40H27BrCl4F6N8O6. The molecule has 0 aliphatic carbocycles. The quantitative estimate of drug-likeness (QED) is 0.109. The molecule has 0 amide bonds. The molecule has 14 nitrogen and oxygen atoms in total. The van der Waals surface area contributed by atoms with Crippen LogP contribution in [0.25, 0.3) is 22.3 Å². The first-order valence-corrected chi connectivity index (χ1v) is 20.4. The fraction of sp³-hybridized carbons (Fsp3) is 0.150. The molecular weight excluding hydrogens is 1020 g/mol. The van der Waals surface area contributed by atoms with E-state index in [0.29, 0.717) is 44.1 Å². The molecule has 65 heavy (non-hydrogen) atoms. The van der Waals surface area contributed by atoms with Crippen LogP contribution in [-0.2, 0) is 39.5 Å². The van der Waals surface area contributed by atoms with Gasteiger partial charge in [-0.1, -0.05) is 70.7 Å². The minimum absolute atomic E-state index is 0.00715. The molecule has 0 aliphatic heterocycles. The summed E-state index contributed by atoms with van der Waals surface area (Å²) in [5.41, 5.74) is -2.09. The van der Waals surface area contributed by atoms with Gasteiger partial charge in [-0.15, -0.1) is 0 Å². The molecule has 0 atom stereocenters. The largest absolute Gasteiger partial charge is 0.508 e. The number of aryl methyl sites for hydroxylation is 2. The summed E-state index contributed by atoms with van der Waals surface area (Å²) in [6.07, 6.45) is -9.21. The Labute approximate surface area is 387 Å². The monoisotopic (exact) mass is 1050 g/mol. The Hall–Kier alpha value is -6.00. The smallest absolute Gasteiger partial charge is 0.417 e. The minimum atomic E-state index is -4.69. The SMILES string of the molecule is Cn1c(=O)[nH]c(=O)c2c1nc(Br)n2Cc1ccc(Cl)cc1.Cn1c(=O)[nH]c(=O)c2c1nc(Oc1ccc(Cl)c(C(F)(F)F)c1)n2Cc1ccc(Cl)cc1.Oc1ccc(Cl)c(C(F)(F)F)c1.